The Hall–Kier alpha value is -2.89. The Balaban J connectivity index is 4.28. The number of carbonyl (C=O) groups excluding carboxylic acids is 3. The molecule has 0 rings (SSSR count). The zero-order chi connectivity index (χ0) is 57.8. The summed E-state index contributed by atoms with van der Waals surface area (Å²) in [5, 5.41) is 0. The maximum atomic E-state index is 12.9. The third kappa shape index (κ3) is 65.9. The molecule has 466 valence electrons. The molecular weight excluding hydrogens is 985 g/mol. The molecule has 0 aliphatic heterocycles. The summed E-state index contributed by atoms with van der Waals surface area (Å²) in [6, 6.07) is 0. The molecule has 0 radical (unpaired) electrons. The van der Waals surface area contributed by atoms with Crippen molar-refractivity contribution in [1.82, 2.24) is 0 Å². The number of ether oxygens (including phenoxy) is 3. The molecule has 0 saturated heterocycles. The zero-order valence-electron chi connectivity index (χ0n) is 53.6. The Morgan fingerprint density at radius 3 is 0.800 bits per heavy atom. The standard InChI is InChI=1S/C74H134O6/c1-4-7-10-13-16-19-22-25-28-30-32-34-35-36-37-38-39-40-42-43-46-49-52-55-58-61-64-67-73(76)79-70-71(69-78-72(75)66-63-60-57-54-51-48-45-27-24-21-18-15-12-9-6-3)80-74(77)68-65-62-59-56-53-50-47-44-41-33-31-29-26-23-20-17-14-11-8-5-2/h9,12,18,21,27,30,32,45,51,54,71H,4-8,10-11,13-17,19-20,22-26,28-29,31,33-44,46-50,52-53,55-70H2,1-3H3/b12-9-,21-18-,32-30-,45-27-,54-51-. The second-order valence-corrected chi connectivity index (χ2v) is 23.8. The number of rotatable bonds is 65. The van der Waals surface area contributed by atoms with Gasteiger partial charge in [0.05, 0.1) is 0 Å². The fourth-order valence-electron chi connectivity index (χ4n) is 10.5. The van der Waals surface area contributed by atoms with Gasteiger partial charge in [0.15, 0.2) is 6.10 Å². The molecular formula is C74H134O6. The number of carbonyl (C=O) groups is 3. The quantitative estimate of drug-likeness (QED) is 0.0261. The normalized spacial score (nSPS) is 12.4. The van der Waals surface area contributed by atoms with Crippen LogP contribution in [-0.4, -0.2) is 37.2 Å². The summed E-state index contributed by atoms with van der Waals surface area (Å²) in [4.78, 5) is 38.4. The van der Waals surface area contributed by atoms with Crippen LogP contribution in [-0.2, 0) is 28.6 Å². The summed E-state index contributed by atoms with van der Waals surface area (Å²) in [6.07, 6.45) is 88.3. The first-order valence-corrected chi connectivity index (χ1v) is 35.3. The van der Waals surface area contributed by atoms with E-state index in [0.717, 1.165) is 83.5 Å². The fourth-order valence-corrected chi connectivity index (χ4v) is 10.5. The SMILES string of the molecule is CC/C=C\C/C=C\C/C=C\C/C=C\CCCCC(=O)OCC(COC(=O)CCCCCCCCCCCCCCCCC/C=C\CCCCCCCCCC)OC(=O)CCCCCCCCCCCCCCCCCCCCCC. The van der Waals surface area contributed by atoms with Gasteiger partial charge in [-0.2, -0.15) is 0 Å². The van der Waals surface area contributed by atoms with E-state index in [-0.39, 0.29) is 31.1 Å². The van der Waals surface area contributed by atoms with Crippen molar-refractivity contribution in [3.8, 4) is 0 Å². The van der Waals surface area contributed by atoms with Crippen molar-refractivity contribution < 1.29 is 28.6 Å². The highest BCUT2D eigenvalue weighted by molar-refractivity contribution is 5.71. The number of allylic oxidation sites excluding steroid dienone is 10. The molecule has 0 fully saturated rings. The van der Waals surface area contributed by atoms with Gasteiger partial charge in [-0.15, -0.1) is 0 Å². The Bertz CT molecular complexity index is 1430. The zero-order valence-corrected chi connectivity index (χ0v) is 53.6. The van der Waals surface area contributed by atoms with Crippen LogP contribution >= 0.6 is 0 Å². The van der Waals surface area contributed by atoms with Crippen LogP contribution in [0.5, 0.6) is 0 Å². The molecule has 0 N–H and O–H groups in total. The highest BCUT2D eigenvalue weighted by Crippen LogP contribution is 2.18. The number of esters is 3. The first-order chi connectivity index (χ1) is 39.5. The van der Waals surface area contributed by atoms with Gasteiger partial charge in [-0.05, 0) is 83.5 Å². The molecule has 6 heteroatoms. The van der Waals surface area contributed by atoms with E-state index < -0.39 is 6.10 Å². The van der Waals surface area contributed by atoms with Crippen molar-refractivity contribution in [1.29, 1.82) is 0 Å². The lowest BCUT2D eigenvalue weighted by molar-refractivity contribution is -0.167. The maximum Gasteiger partial charge on any atom is 0.306 e. The van der Waals surface area contributed by atoms with E-state index in [1.165, 1.54) is 250 Å². The molecule has 0 spiro atoms. The molecule has 0 bridgehead atoms. The Kier molecular flexibility index (Phi) is 66.1. The number of hydrogen-bond donors (Lipinski definition) is 0. The third-order valence-electron chi connectivity index (χ3n) is 15.8. The van der Waals surface area contributed by atoms with Gasteiger partial charge < -0.3 is 14.2 Å². The summed E-state index contributed by atoms with van der Waals surface area (Å²) < 4.78 is 17.0. The van der Waals surface area contributed by atoms with E-state index in [4.69, 9.17) is 14.2 Å². The molecule has 1 atom stereocenters. The Morgan fingerprint density at radius 2 is 0.487 bits per heavy atom. The molecule has 1 unspecified atom stereocenters. The highest BCUT2D eigenvalue weighted by Gasteiger charge is 2.19. The predicted molar refractivity (Wildman–Crippen MR) is 348 cm³/mol. The molecule has 0 aliphatic rings. The summed E-state index contributed by atoms with van der Waals surface area (Å²) in [5.74, 6) is -0.902. The molecule has 0 saturated carbocycles. The molecule has 0 aliphatic carbocycles. The smallest absolute Gasteiger partial charge is 0.306 e. The van der Waals surface area contributed by atoms with Crippen LogP contribution in [0.25, 0.3) is 0 Å². The first-order valence-electron chi connectivity index (χ1n) is 35.3. The predicted octanol–water partition coefficient (Wildman–Crippen LogP) is 24.3. The van der Waals surface area contributed by atoms with Gasteiger partial charge in [-0.25, -0.2) is 0 Å². The molecule has 0 aromatic heterocycles. The summed E-state index contributed by atoms with van der Waals surface area (Å²) >= 11 is 0. The maximum absolute atomic E-state index is 12.9. The highest BCUT2D eigenvalue weighted by atomic mass is 16.6. The molecule has 0 amide bonds. The second-order valence-electron chi connectivity index (χ2n) is 23.8. The summed E-state index contributed by atoms with van der Waals surface area (Å²) in [5.41, 5.74) is 0. The fraction of sp³-hybridized carbons (Fsp3) is 0.824. The van der Waals surface area contributed by atoms with E-state index in [1.54, 1.807) is 0 Å². The van der Waals surface area contributed by atoms with Crippen LogP contribution in [0.3, 0.4) is 0 Å². The van der Waals surface area contributed by atoms with Gasteiger partial charge in [0.1, 0.15) is 13.2 Å². The van der Waals surface area contributed by atoms with E-state index >= 15 is 0 Å². The largest absolute Gasteiger partial charge is 0.462 e. The minimum absolute atomic E-state index is 0.0831. The van der Waals surface area contributed by atoms with Crippen LogP contribution in [0.15, 0.2) is 60.8 Å². The second kappa shape index (κ2) is 68.6. The molecule has 0 heterocycles. The minimum atomic E-state index is -0.790. The number of hydrogen-bond acceptors (Lipinski definition) is 6. The average molecular weight is 1120 g/mol. The van der Waals surface area contributed by atoms with E-state index in [1.807, 2.05) is 0 Å². The van der Waals surface area contributed by atoms with Crippen molar-refractivity contribution in [3.05, 3.63) is 60.8 Å². The van der Waals surface area contributed by atoms with Crippen LogP contribution in [0.2, 0.25) is 0 Å². The third-order valence-corrected chi connectivity index (χ3v) is 15.8. The van der Waals surface area contributed by atoms with E-state index in [0.29, 0.717) is 19.3 Å². The average Bonchev–Trinajstić information content (AvgIpc) is 3.46. The topological polar surface area (TPSA) is 78.9 Å². The van der Waals surface area contributed by atoms with Gasteiger partial charge in [-0.1, -0.05) is 332 Å². The Morgan fingerprint density at radius 1 is 0.263 bits per heavy atom. The van der Waals surface area contributed by atoms with Crippen LogP contribution in [0.1, 0.15) is 374 Å². The molecule has 0 aromatic carbocycles. The molecule has 6 nitrogen and oxygen atoms in total. The van der Waals surface area contributed by atoms with Crippen LogP contribution < -0.4 is 0 Å². The van der Waals surface area contributed by atoms with Crippen LogP contribution in [0.4, 0.5) is 0 Å². The lowest BCUT2D eigenvalue weighted by Gasteiger charge is -2.18. The Labute approximate surface area is 498 Å². The van der Waals surface area contributed by atoms with Gasteiger partial charge in [0.2, 0.25) is 0 Å². The van der Waals surface area contributed by atoms with Gasteiger partial charge >= 0.3 is 17.9 Å². The van der Waals surface area contributed by atoms with Crippen molar-refractivity contribution >= 4 is 17.9 Å². The minimum Gasteiger partial charge on any atom is -0.462 e. The van der Waals surface area contributed by atoms with Crippen molar-refractivity contribution in [3.63, 3.8) is 0 Å². The lowest BCUT2D eigenvalue weighted by atomic mass is 10.0. The monoisotopic (exact) mass is 1120 g/mol. The van der Waals surface area contributed by atoms with Gasteiger partial charge in [0, 0.05) is 19.3 Å². The van der Waals surface area contributed by atoms with Crippen molar-refractivity contribution in [2.45, 2.75) is 380 Å². The summed E-state index contributed by atoms with van der Waals surface area (Å²) in [7, 11) is 0. The molecule has 0 aromatic rings. The lowest BCUT2D eigenvalue weighted by Crippen LogP contribution is -2.30. The summed E-state index contributed by atoms with van der Waals surface area (Å²) in [6.45, 7) is 6.56. The van der Waals surface area contributed by atoms with Crippen LogP contribution in [0, 0.1) is 0 Å². The van der Waals surface area contributed by atoms with Gasteiger partial charge in [0.25, 0.3) is 0 Å². The van der Waals surface area contributed by atoms with E-state index in [2.05, 4.69) is 81.5 Å². The number of unbranched alkanes of at least 4 members (excludes halogenated alkanes) is 44. The molecule has 80 heavy (non-hydrogen) atoms. The first kappa shape index (κ1) is 77.1. The van der Waals surface area contributed by atoms with E-state index in [9.17, 15) is 14.4 Å². The van der Waals surface area contributed by atoms with Crippen molar-refractivity contribution in [2.24, 2.45) is 0 Å². The van der Waals surface area contributed by atoms with Crippen molar-refractivity contribution in [2.75, 3.05) is 13.2 Å². The van der Waals surface area contributed by atoms with Gasteiger partial charge in [-0.3, -0.25) is 14.4 Å².